The Bertz CT molecular complexity index is 538. The van der Waals surface area contributed by atoms with Gasteiger partial charge in [0.05, 0.1) is 11.6 Å². The van der Waals surface area contributed by atoms with E-state index in [1.807, 2.05) is 0 Å². The number of nitrogens with one attached hydrogen (secondary N) is 1. The molecule has 0 fully saturated rings. The van der Waals surface area contributed by atoms with Crippen LogP contribution >= 0.6 is 11.8 Å². The lowest BCUT2D eigenvalue weighted by Gasteiger charge is -2.13. The molecule has 1 aromatic rings. The van der Waals surface area contributed by atoms with E-state index in [-0.39, 0.29) is 11.6 Å². The molecule has 6 heteroatoms. The Labute approximate surface area is 127 Å². The molecule has 1 heterocycles. The fourth-order valence-corrected chi connectivity index (χ4v) is 3.25. The van der Waals surface area contributed by atoms with Crippen LogP contribution in [0.3, 0.4) is 0 Å². The van der Waals surface area contributed by atoms with Crippen molar-refractivity contribution in [2.45, 2.75) is 39.4 Å². The predicted molar refractivity (Wildman–Crippen MR) is 82.9 cm³/mol. The first-order valence-corrected chi connectivity index (χ1v) is 7.89. The molecule has 0 radical (unpaired) electrons. The van der Waals surface area contributed by atoms with Crippen LogP contribution in [0.15, 0.2) is 23.2 Å². The van der Waals surface area contributed by atoms with Crippen LogP contribution in [-0.2, 0) is 6.18 Å². The van der Waals surface area contributed by atoms with Gasteiger partial charge in [-0.15, -0.1) is 0 Å². The number of halogens is 3. The summed E-state index contributed by atoms with van der Waals surface area (Å²) in [4.78, 5) is 4.53. The SMILES string of the molecule is Cc1ccc(NC2=NC(CC(C)C)CS2)cc1C(F)(F)F. The van der Waals surface area contributed by atoms with Crippen LogP contribution in [0.4, 0.5) is 18.9 Å². The Morgan fingerprint density at radius 2 is 2.10 bits per heavy atom. The third-order valence-corrected chi connectivity index (χ3v) is 4.28. The largest absolute Gasteiger partial charge is 0.416 e. The molecule has 2 nitrogen and oxygen atoms in total. The number of aliphatic imine (C=N–C) groups is 1. The molecular weight excluding hydrogens is 297 g/mol. The standard InChI is InChI=1S/C15H19F3N2S/c1-9(2)6-12-8-21-14(20-12)19-11-5-4-10(3)13(7-11)15(16,17)18/h4-5,7,9,12H,6,8H2,1-3H3,(H,19,20). The maximum absolute atomic E-state index is 12.9. The second-order valence-corrected chi connectivity index (χ2v) is 6.69. The average molecular weight is 316 g/mol. The molecule has 0 amide bonds. The molecule has 1 unspecified atom stereocenters. The molecule has 1 aromatic carbocycles. The summed E-state index contributed by atoms with van der Waals surface area (Å²) in [5.74, 6) is 1.45. The second-order valence-electron chi connectivity index (χ2n) is 5.68. The van der Waals surface area contributed by atoms with Crippen LogP contribution in [-0.4, -0.2) is 17.0 Å². The van der Waals surface area contributed by atoms with Crippen molar-refractivity contribution in [1.29, 1.82) is 0 Å². The minimum Gasteiger partial charge on any atom is -0.335 e. The lowest BCUT2D eigenvalue weighted by molar-refractivity contribution is -0.138. The summed E-state index contributed by atoms with van der Waals surface area (Å²) in [5, 5.41) is 3.70. The van der Waals surface area contributed by atoms with E-state index in [1.165, 1.54) is 13.0 Å². The normalized spacial score (nSPS) is 19.0. The fraction of sp³-hybridized carbons (Fsp3) is 0.533. The quantitative estimate of drug-likeness (QED) is 0.854. The summed E-state index contributed by atoms with van der Waals surface area (Å²) in [7, 11) is 0. The monoisotopic (exact) mass is 316 g/mol. The molecular formula is C15H19F3N2S. The number of amidine groups is 1. The van der Waals surface area contributed by atoms with Gasteiger partial charge in [-0.05, 0) is 37.0 Å². The molecule has 0 aliphatic carbocycles. The third-order valence-electron chi connectivity index (χ3n) is 3.25. The Morgan fingerprint density at radius 1 is 1.38 bits per heavy atom. The van der Waals surface area contributed by atoms with Gasteiger partial charge in [-0.25, -0.2) is 0 Å². The summed E-state index contributed by atoms with van der Waals surface area (Å²) < 4.78 is 38.7. The van der Waals surface area contributed by atoms with Crippen molar-refractivity contribution in [3.05, 3.63) is 29.3 Å². The maximum Gasteiger partial charge on any atom is 0.416 e. The number of hydrogen-bond donors (Lipinski definition) is 1. The number of anilines is 1. The summed E-state index contributed by atoms with van der Waals surface area (Å²) in [6.45, 7) is 5.75. The molecule has 1 atom stereocenters. The summed E-state index contributed by atoms with van der Waals surface area (Å²) in [5.41, 5.74) is 0.0611. The molecule has 0 spiro atoms. The number of thioether (sulfide) groups is 1. The van der Waals surface area contributed by atoms with Crippen LogP contribution in [0, 0.1) is 12.8 Å². The van der Waals surface area contributed by atoms with Gasteiger partial charge in [0.25, 0.3) is 0 Å². The summed E-state index contributed by atoms with van der Waals surface area (Å²) >= 11 is 1.56. The van der Waals surface area contributed by atoms with Crippen molar-refractivity contribution in [3.8, 4) is 0 Å². The van der Waals surface area contributed by atoms with Crippen molar-refractivity contribution >= 4 is 22.6 Å². The van der Waals surface area contributed by atoms with E-state index in [0.717, 1.165) is 18.2 Å². The number of nitrogens with zero attached hydrogens (tertiary/aromatic N) is 1. The molecule has 2 rings (SSSR count). The number of aryl methyl sites for hydroxylation is 1. The van der Waals surface area contributed by atoms with Gasteiger partial charge in [0.2, 0.25) is 0 Å². The van der Waals surface area contributed by atoms with E-state index >= 15 is 0 Å². The third kappa shape index (κ3) is 4.40. The Morgan fingerprint density at radius 3 is 2.71 bits per heavy atom. The van der Waals surface area contributed by atoms with Gasteiger partial charge < -0.3 is 5.32 Å². The molecule has 1 aliphatic rings. The van der Waals surface area contributed by atoms with Gasteiger partial charge in [-0.3, -0.25) is 4.99 Å². The molecule has 0 saturated carbocycles. The second kappa shape index (κ2) is 6.30. The molecule has 1 N–H and O–H groups in total. The summed E-state index contributed by atoms with van der Waals surface area (Å²) in [6, 6.07) is 4.54. The Hall–Kier alpha value is -1.17. The number of alkyl halides is 3. The van der Waals surface area contributed by atoms with Crippen LogP contribution < -0.4 is 5.32 Å². The van der Waals surface area contributed by atoms with Crippen molar-refractivity contribution in [3.63, 3.8) is 0 Å². The minimum absolute atomic E-state index is 0.228. The molecule has 0 bridgehead atoms. The van der Waals surface area contributed by atoms with Gasteiger partial charge >= 0.3 is 6.18 Å². The van der Waals surface area contributed by atoms with E-state index < -0.39 is 11.7 Å². The number of benzene rings is 1. The van der Waals surface area contributed by atoms with E-state index in [4.69, 9.17) is 0 Å². The van der Waals surface area contributed by atoms with Crippen LogP contribution in [0.5, 0.6) is 0 Å². The highest BCUT2D eigenvalue weighted by Crippen LogP contribution is 2.34. The van der Waals surface area contributed by atoms with E-state index in [1.54, 1.807) is 17.8 Å². The first kappa shape index (κ1) is 16.2. The topological polar surface area (TPSA) is 24.4 Å². The van der Waals surface area contributed by atoms with Crippen molar-refractivity contribution in [2.24, 2.45) is 10.9 Å². The van der Waals surface area contributed by atoms with Gasteiger partial charge in [-0.1, -0.05) is 31.7 Å². The predicted octanol–water partition coefficient (Wildman–Crippen LogP) is 4.94. The van der Waals surface area contributed by atoms with E-state index in [0.29, 0.717) is 16.8 Å². The summed E-state index contributed by atoms with van der Waals surface area (Å²) in [6.07, 6.45) is -3.33. The average Bonchev–Trinajstić information content (AvgIpc) is 2.76. The maximum atomic E-state index is 12.9. The molecule has 0 aromatic heterocycles. The van der Waals surface area contributed by atoms with E-state index in [9.17, 15) is 13.2 Å². The Kier molecular flexibility index (Phi) is 4.86. The van der Waals surface area contributed by atoms with Crippen LogP contribution in [0.25, 0.3) is 0 Å². The lowest BCUT2D eigenvalue weighted by Crippen LogP contribution is -2.11. The van der Waals surface area contributed by atoms with Crippen molar-refractivity contribution in [2.75, 3.05) is 11.1 Å². The zero-order chi connectivity index (χ0) is 15.6. The fourth-order valence-electron chi connectivity index (χ4n) is 2.28. The zero-order valence-electron chi connectivity index (χ0n) is 12.3. The molecule has 21 heavy (non-hydrogen) atoms. The lowest BCUT2D eigenvalue weighted by atomic mass is 10.1. The first-order chi connectivity index (χ1) is 9.75. The smallest absolute Gasteiger partial charge is 0.335 e. The highest BCUT2D eigenvalue weighted by Gasteiger charge is 2.32. The molecule has 1 aliphatic heterocycles. The van der Waals surface area contributed by atoms with Gasteiger partial charge in [0, 0.05) is 11.4 Å². The highest BCUT2D eigenvalue weighted by atomic mass is 32.2. The Balaban J connectivity index is 2.11. The van der Waals surface area contributed by atoms with Gasteiger partial charge in [0.15, 0.2) is 5.17 Å². The number of rotatable bonds is 3. The van der Waals surface area contributed by atoms with Crippen LogP contribution in [0.2, 0.25) is 0 Å². The van der Waals surface area contributed by atoms with Crippen molar-refractivity contribution < 1.29 is 13.2 Å². The van der Waals surface area contributed by atoms with Gasteiger partial charge in [-0.2, -0.15) is 13.2 Å². The van der Waals surface area contributed by atoms with Crippen LogP contribution in [0.1, 0.15) is 31.4 Å². The zero-order valence-corrected chi connectivity index (χ0v) is 13.1. The number of hydrogen-bond acceptors (Lipinski definition) is 3. The van der Waals surface area contributed by atoms with E-state index in [2.05, 4.69) is 24.2 Å². The van der Waals surface area contributed by atoms with Crippen molar-refractivity contribution in [1.82, 2.24) is 0 Å². The van der Waals surface area contributed by atoms with Gasteiger partial charge in [0.1, 0.15) is 0 Å². The molecule has 116 valence electrons. The highest BCUT2D eigenvalue weighted by molar-refractivity contribution is 8.14. The molecule has 0 saturated heterocycles. The minimum atomic E-state index is -4.33. The first-order valence-electron chi connectivity index (χ1n) is 6.91.